The molecule has 2 aromatic carbocycles. The summed E-state index contributed by atoms with van der Waals surface area (Å²) in [6.45, 7) is 2.58. The molecule has 148 valence electrons. The fourth-order valence-corrected chi connectivity index (χ4v) is 4.63. The molecule has 0 aliphatic carbocycles. The lowest BCUT2D eigenvalue weighted by Gasteiger charge is -2.33. The highest BCUT2D eigenvalue weighted by atomic mass is 35.5. The highest BCUT2D eigenvalue weighted by molar-refractivity contribution is 7.89. The standard InChI is InChI=1S/C19H20ClN3O4S/c20-18-9-8-17(15-19(18)23(24)25)28(26,27)22-13-11-21(12-14-22)10-4-7-16-5-2-1-3-6-16/h1-9,15H,10-14H2. The minimum Gasteiger partial charge on any atom is -0.297 e. The van der Waals surface area contributed by atoms with Gasteiger partial charge in [0, 0.05) is 38.8 Å². The largest absolute Gasteiger partial charge is 0.297 e. The van der Waals surface area contributed by atoms with Crippen LogP contribution >= 0.6 is 11.6 Å². The molecule has 28 heavy (non-hydrogen) atoms. The lowest BCUT2D eigenvalue weighted by molar-refractivity contribution is -0.384. The van der Waals surface area contributed by atoms with Gasteiger partial charge in [0.1, 0.15) is 5.02 Å². The van der Waals surface area contributed by atoms with Crippen molar-refractivity contribution in [2.45, 2.75) is 4.90 Å². The highest BCUT2D eigenvalue weighted by Gasteiger charge is 2.30. The number of halogens is 1. The zero-order valence-corrected chi connectivity index (χ0v) is 16.6. The van der Waals surface area contributed by atoms with Crippen LogP contribution in [0.3, 0.4) is 0 Å². The quantitative estimate of drug-likeness (QED) is 0.528. The second kappa shape index (κ2) is 8.83. The van der Waals surface area contributed by atoms with E-state index >= 15 is 0 Å². The highest BCUT2D eigenvalue weighted by Crippen LogP contribution is 2.28. The van der Waals surface area contributed by atoms with Crippen molar-refractivity contribution in [1.29, 1.82) is 0 Å². The normalized spacial score (nSPS) is 16.5. The molecule has 0 N–H and O–H groups in total. The zero-order chi connectivity index (χ0) is 20.1. The number of nitro groups is 1. The van der Waals surface area contributed by atoms with E-state index in [4.69, 9.17) is 11.6 Å². The van der Waals surface area contributed by atoms with E-state index in [-0.39, 0.29) is 9.92 Å². The Morgan fingerprint density at radius 1 is 1.07 bits per heavy atom. The number of benzene rings is 2. The predicted molar refractivity (Wildman–Crippen MR) is 109 cm³/mol. The Kier molecular flexibility index (Phi) is 6.46. The molecule has 1 fully saturated rings. The van der Waals surface area contributed by atoms with Gasteiger partial charge in [0.05, 0.1) is 9.82 Å². The molecular weight excluding hydrogens is 402 g/mol. The van der Waals surface area contributed by atoms with Gasteiger partial charge in [-0.05, 0) is 17.7 Å². The van der Waals surface area contributed by atoms with Crippen molar-refractivity contribution in [2.24, 2.45) is 0 Å². The van der Waals surface area contributed by atoms with Crippen LogP contribution in [-0.2, 0) is 10.0 Å². The molecular formula is C19H20ClN3O4S. The first-order valence-electron chi connectivity index (χ1n) is 8.76. The number of rotatable bonds is 6. The number of hydrogen-bond acceptors (Lipinski definition) is 5. The summed E-state index contributed by atoms with van der Waals surface area (Å²) in [5.41, 5.74) is 0.709. The smallest absolute Gasteiger partial charge is 0.289 e. The van der Waals surface area contributed by atoms with E-state index < -0.39 is 20.6 Å². The molecule has 0 atom stereocenters. The predicted octanol–water partition coefficient (Wildman–Crippen LogP) is 3.27. The van der Waals surface area contributed by atoms with Crippen LogP contribution in [-0.4, -0.2) is 55.3 Å². The van der Waals surface area contributed by atoms with E-state index in [1.54, 1.807) is 0 Å². The second-order valence-corrected chi connectivity index (χ2v) is 8.73. The monoisotopic (exact) mass is 421 g/mol. The third kappa shape index (κ3) is 4.77. The van der Waals surface area contributed by atoms with Gasteiger partial charge >= 0.3 is 0 Å². The van der Waals surface area contributed by atoms with Crippen LogP contribution in [0.1, 0.15) is 5.56 Å². The van der Waals surface area contributed by atoms with E-state index in [1.165, 1.54) is 16.4 Å². The van der Waals surface area contributed by atoms with Crippen LogP contribution in [0.15, 0.2) is 59.5 Å². The van der Waals surface area contributed by atoms with Gasteiger partial charge in [-0.15, -0.1) is 0 Å². The Morgan fingerprint density at radius 3 is 2.39 bits per heavy atom. The third-order valence-corrected chi connectivity index (χ3v) is 6.77. The van der Waals surface area contributed by atoms with Gasteiger partial charge in [0.25, 0.3) is 5.69 Å². The fourth-order valence-electron chi connectivity index (χ4n) is 3.00. The number of hydrogen-bond donors (Lipinski definition) is 0. The van der Waals surface area contributed by atoms with Gasteiger partial charge in [-0.1, -0.05) is 54.1 Å². The molecule has 1 aliphatic rings. The van der Waals surface area contributed by atoms with Crippen molar-refractivity contribution in [2.75, 3.05) is 32.7 Å². The molecule has 9 heteroatoms. The molecule has 0 bridgehead atoms. The minimum atomic E-state index is -3.80. The van der Waals surface area contributed by atoms with Crippen LogP contribution in [0.25, 0.3) is 6.08 Å². The molecule has 3 rings (SSSR count). The summed E-state index contributed by atoms with van der Waals surface area (Å²) in [5, 5.41) is 10.9. The van der Waals surface area contributed by atoms with Gasteiger partial charge in [-0.3, -0.25) is 15.0 Å². The molecule has 0 radical (unpaired) electrons. The molecule has 0 unspecified atom stereocenters. The first-order chi connectivity index (χ1) is 13.4. The van der Waals surface area contributed by atoms with Crippen molar-refractivity contribution in [3.63, 3.8) is 0 Å². The Hall–Kier alpha value is -2.26. The molecule has 1 saturated heterocycles. The summed E-state index contributed by atoms with van der Waals surface area (Å²) in [6, 6.07) is 13.5. The Balaban J connectivity index is 1.61. The average Bonchev–Trinajstić information content (AvgIpc) is 2.69. The maximum Gasteiger partial charge on any atom is 0.289 e. The lowest BCUT2D eigenvalue weighted by Crippen LogP contribution is -2.48. The van der Waals surface area contributed by atoms with Gasteiger partial charge in [0.15, 0.2) is 0 Å². The Labute approximate surface area is 169 Å². The van der Waals surface area contributed by atoms with Crippen LogP contribution in [0.4, 0.5) is 5.69 Å². The Bertz CT molecular complexity index is 972. The fraction of sp³-hybridized carbons (Fsp3) is 0.263. The topological polar surface area (TPSA) is 83.8 Å². The first-order valence-corrected chi connectivity index (χ1v) is 10.6. The third-order valence-electron chi connectivity index (χ3n) is 4.56. The number of piperazine rings is 1. The van der Waals surface area contributed by atoms with Crippen LogP contribution in [0.5, 0.6) is 0 Å². The molecule has 0 aromatic heterocycles. The molecule has 0 spiro atoms. The maximum atomic E-state index is 12.8. The van der Waals surface area contributed by atoms with Gasteiger partial charge in [-0.2, -0.15) is 4.31 Å². The lowest BCUT2D eigenvalue weighted by atomic mass is 10.2. The minimum absolute atomic E-state index is 0.0843. The van der Waals surface area contributed by atoms with Crippen LogP contribution in [0.2, 0.25) is 5.02 Å². The van der Waals surface area contributed by atoms with Crippen molar-refractivity contribution in [1.82, 2.24) is 9.21 Å². The molecule has 1 heterocycles. The van der Waals surface area contributed by atoms with E-state index in [0.717, 1.165) is 18.2 Å². The molecule has 0 amide bonds. The summed E-state index contributed by atoms with van der Waals surface area (Å²) < 4.78 is 27.0. The first kappa shape index (κ1) is 20.5. The van der Waals surface area contributed by atoms with Gasteiger partial charge in [-0.25, -0.2) is 8.42 Å². The van der Waals surface area contributed by atoms with Crippen molar-refractivity contribution >= 4 is 33.4 Å². The van der Waals surface area contributed by atoms with Crippen LogP contribution in [0, 0.1) is 10.1 Å². The van der Waals surface area contributed by atoms with Gasteiger partial charge < -0.3 is 0 Å². The van der Waals surface area contributed by atoms with E-state index in [1.807, 2.05) is 36.4 Å². The number of sulfonamides is 1. The van der Waals surface area contributed by atoms with E-state index in [0.29, 0.717) is 26.2 Å². The number of nitrogens with zero attached hydrogens (tertiary/aromatic N) is 3. The average molecular weight is 422 g/mol. The van der Waals surface area contributed by atoms with Crippen molar-refractivity contribution in [3.8, 4) is 0 Å². The maximum absolute atomic E-state index is 12.8. The zero-order valence-electron chi connectivity index (χ0n) is 15.1. The molecule has 1 aliphatic heterocycles. The summed E-state index contributed by atoms with van der Waals surface area (Å²) in [5.74, 6) is 0. The summed E-state index contributed by atoms with van der Waals surface area (Å²) in [6.07, 6.45) is 4.10. The van der Waals surface area contributed by atoms with Gasteiger partial charge in [0.2, 0.25) is 10.0 Å². The van der Waals surface area contributed by atoms with Crippen molar-refractivity contribution in [3.05, 3.63) is 75.3 Å². The van der Waals surface area contributed by atoms with Crippen LogP contribution < -0.4 is 0 Å². The molecule has 0 saturated carbocycles. The van der Waals surface area contributed by atoms with E-state index in [9.17, 15) is 18.5 Å². The molecule has 2 aromatic rings. The SMILES string of the molecule is O=[N+]([O-])c1cc(S(=O)(=O)N2CCN(CC=Cc3ccccc3)CC2)ccc1Cl. The summed E-state index contributed by atoms with van der Waals surface area (Å²) in [4.78, 5) is 12.4. The Morgan fingerprint density at radius 2 is 1.75 bits per heavy atom. The van der Waals surface area contributed by atoms with Crippen molar-refractivity contribution < 1.29 is 13.3 Å². The second-order valence-electron chi connectivity index (χ2n) is 6.39. The summed E-state index contributed by atoms with van der Waals surface area (Å²) in [7, 11) is -3.80. The summed E-state index contributed by atoms with van der Waals surface area (Å²) >= 11 is 5.78. The molecule has 7 nitrogen and oxygen atoms in total. The number of nitro benzene ring substituents is 1. The van der Waals surface area contributed by atoms with E-state index in [2.05, 4.69) is 11.0 Å².